The summed E-state index contributed by atoms with van der Waals surface area (Å²) >= 11 is 0. The van der Waals surface area contributed by atoms with Crippen molar-refractivity contribution in [1.29, 1.82) is 0 Å². The third kappa shape index (κ3) is 3.71. The van der Waals surface area contributed by atoms with Crippen LogP contribution in [0, 0.1) is 19.8 Å². The second kappa shape index (κ2) is 7.33. The molecule has 6 heteroatoms. The zero-order chi connectivity index (χ0) is 19.9. The van der Waals surface area contributed by atoms with E-state index in [2.05, 4.69) is 5.32 Å². The minimum Gasteiger partial charge on any atom is -0.354 e. The second-order valence-corrected chi connectivity index (χ2v) is 9.86. The van der Waals surface area contributed by atoms with Gasteiger partial charge in [-0.2, -0.15) is 4.31 Å². The summed E-state index contributed by atoms with van der Waals surface area (Å²) in [5, 5.41) is 2.98. The molecule has 1 atom stereocenters. The van der Waals surface area contributed by atoms with Gasteiger partial charge in [0.05, 0.1) is 4.90 Å². The smallest absolute Gasteiger partial charge is 0.244 e. The van der Waals surface area contributed by atoms with Crippen LogP contribution in [-0.4, -0.2) is 31.2 Å². The van der Waals surface area contributed by atoms with E-state index in [0.29, 0.717) is 24.4 Å². The van der Waals surface area contributed by atoms with Crippen molar-refractivity contribution in [2.45, 2.75) is 50.6 Å². The molecular formula is C22H26N2O3S. The molecule has 1 saturated carbocycles. The van der Waals surface area contributed by atoms with Crippen LogP contribution in [0.1, 0.15) is 35.1 Å². The summed E-state index contributed by atoms with van der Waals surface area (Å²) in [5.41, 5.74) is 3.59. The number of rotatable bonds is 5. The number of carbonyl (C=O) groups is 1. The van der Waals surface area contributed by atoms with Gasteiger partial charge in [0.1, 0.15) is 6.04 Å². The lowest BCUT2D eigenvalue weighted by Crippen LogP contribution is -2.52. The van der Waals surface area contributed by atoms with Crippen LogP contribution in [0.3, 0.4) is 0 Å². The number of nitrogens with one attached hydrogen (secondary N) is 1. The van der Waals surface area contributed by atoms with Crippen LogP contribution in [0.25, 0.3) is 0 Å². The molecule has 4 rings (SSSR count). The molecule has 0 aromatic heterocycles. The molecule has 2 aliphatic rings. The van der Waals surface area contributed by atoms with Crippen LogP contribution in [-0.2, 0) is 27.8 Å². The van der Waals surface area contributed by atoms with E-state index in [1.807, 2.05) is 43.3 Å². The molecule has 2 aromatic carbocycles. The lowest BCUT2D eigenvalue weighted by molar-refractivity contribution is -0.125. The molecule has 1 N–H and O–H groups in total. The van der Waals surface area contributed by atoms with Gasteiger partial charge in [0.15, 0.2) is 0 Å². The fourth-order valence-electron chi connectivity index (χ4n) is 3.77. The van der Waals surface area contributed by atoms with E-state index >= 15 is 0 Å². The molecule has 2 aromatic rings. The summed E-state index contributed by atoms with van der Waals surface area (Å²) in [7, 11) is -3.80. The quantitative estimate of drug-likeness (QED) is 0.842. The molecule has 5 nitrogen and oxygen atoms in total. The van der Waals surface area contributed by atoms with E-state index in [-0.39, 0.29) is 17.3 Å². The van der Waals surface area contributed by atoms with Crippen molar-refractivity contribution in [3.05, 3.63) is 64.7 Å². The highest BCUT2D eigenvalue weighted by Gasteiger charge is 2.40. The number of hydrogen-bond acceptors (Lipinski definition) is 3. The molecular weight excluding hydrogens is 372 g/mol. The van der Waals surface area contributed by atoms with Crippen LogP contribution in [0.15, 0.2) is 47.4 Å². The number of nitrogens with zero attached hydrogens (tertiary/aromatic N) is 1. The van der Waals surface area contributed by atoms with Crippen LogP contribution < -0.4 is 5.32 Å². The zero-order valence-electron chi connectivity index (χ0n) is 16.3. The summed E-state index contributed by atoms with van der Waals surface area (Å²) < 4.78 is 28.6. The Labute approximate surface area is 166 Å². The van der Waals surface area contributed by atoms with Gasteiger partial charge < -0.3 is 5.32 Å². The Bertz CT molecular complexity index is 1010. The maximum atomic E-state index is 13.6. The number of aryl methyl sites for hydroxylation is 2. The van der Waals surface area contributed by atoms with Crippen molar-refractivity contribution in [2.75, 3.05) is 6.54 Å². The van der Waals surface area contributed by atoms with Crippen LogP contribution in [0.2, 0.25) is 0 Å². The summed E-state index contributed by atoms with van der Waals surface area (Å²) in [6.07, 6.45) is 2.67. The SMILES string of the molecule is Cc1ccc(C)c(S(=O)(=O)N2Cc3ccccc3CC2C(=O)NCC2CC2)c1. The van der Waals surface area contributed by atoms with Gasteiger partial charge in [0.25, 0.3) is 0 Å². The predicted octanol–water partition coefficient (Wildman–Crippen LogP) is 2.95. The van der Waals surface area contributed by atoms with Crippen LogP contribution in [0.4, 0.5) is 0 Å². The third-order valence-electron chi connectivity index (χ3n) is 5.70. The van der Waals surface area contributed by atoms with Crippen molar-refractivity contribution in [3.8, 4) is 0 Å². The maximum absolute atomic E-state index is 13.6. The van der Waals surface area contributed by atoms with Crippen molar-refractivity contribution in [3.63, 3.8) is 0 Å². The molecule has 0 radical (unpaired) electrons. The standard InChI is InChI=1S/C22H26N2O3S/c1-15-7-8-16(2)21(11-15)28(26,27)24-14-19-6-4-3-5-18(19)12-20(24)22(25)23-13-17-9-10-17/h3-8,11,17,20H,9-10,12-14H2,1-2H3,(H,23,25). The molecule has 1 fully saturated rings. The Hall–Kier alpha value is -2.18. The highest BCUT2D eigenvalue weighted by molar-refractivity contribution is 7.89. The average Bonchev–Trinajstić information content (AvgIpc) is 3.51. The highest BCUT2D eigenvalue weighted by Crippen LogP contribution is 2.31. The lowest BCUT2D eigenvalue weighted by Gasteiger charge is -2.35. The van der Waals surface area contributed by atoms with Crippen LogP contribution >= 0.6 is 0 Å². The van der Waals surface area contributed by atoms with Crippen molar-refractivity contribution < 1.29 is 13.2 Å². The highest BCUT2D eigenvalue weighted by atomic mass is 32.2. The third-order valence-corrected chi connectivity index (χ3v) is 7.70. The number of sulfonamides is 1. The average molecular weight is 399 g/mol. The molecule has 1 unspecified atom stereocenters. The number of benzene rings is 2. The van der Waals surface area contributed by atoms with Gasteiger partial charge in [-0.15, -0.1) is 0 Å². The molecule has 0 saturated heterocycles. The van der Waals surface area contributed by atoms with Gasteiger partial charge in [-0.1, -0.05) is 36.4 Å². The molecule has 1 amide bonds. The van der Waals surface area contributed by atoms with E-state index in [9.17, 15) is 13.2 Å². The first-order valence-corrected chi connectivity index (χ1v) is 11.2. The monoisotopic (exact) mass is 398 g/mol. The molecule has 0 bridgehead atoms. The van der Waals surface area contributed by atoms with Crippen LogP contribution in [0.5, 0.6) is 0 Å². The topological polar surface area (TPSA) is 66.5 Å². The van der Waals surface area contributed by atoms with Gasteiger partial charge in [-0.25, -0.2) is 8.42 Å². The maximum Gasteiger partial charge on any atom is 0.244 e. The summed E-state index contributed by atoms with van der Waals surface area (Å²) in [6.45, 7) is 4.53. The van der Waals surface area contributed by atoms with E-state index in [1.54, 1.807) is 13.0 Å². The first-order valence-electron chi connectivity index (χ1n) is 9.80. The Morgan fingerprint density at radius 2 is 1.82 bits per heavy atom. The van der Waals surface area contributed by atoms with Crippen molar-refractivity contribution in [2.24, 2.45) is 5.92 Å². The molecule has 148 valence electrons. The second-order valence-electron chi connectivity index (χ2n) is 8.00. The molecule has 1 heterocycles. The number of carbonyl (C=O) groups excluding carboxylic acids is 1. The van der Waals surface area contributed by atoms with Crippen molar-refractivity contribution in [1.82, 2.24) is 9.62 Å². The summed E-state index contributed by atoms with van der Waals surface area (Å²) in [6, 6.07) is 12.5. The normalized spacial score (nSPS) is 19.9. The predicted molar refractivity (Wildman–Crippen MR) is 108 cm³/mol. The Morgan fingerprint density at radius 3 is 2.54 bits per heavy atom. The molecule has 28 heavy (non-hydrogen) atoms. The molecule has 1 aliphatic carbocycles. The minimum atomic E-state index is -3.80. The Kier molecular flexibility index (Phi) is 5.02. The molecule has 1 aliphatic heterocycles. The first-order chi connectivity index (χ1) is 13.4. The van der Waals surface area contributed by atoms with Gasteiger partial charge in [0.2, 0.25) is 15.9 Å². The largest absolute Gasteiger partial charge is 0.354 e. The van der Waals surface area contributed by atoms with E-state index in [1.165, 1.54) is 4.31 Å². The van der Waals surface area contributed by atoms with E-state index < -0.39 is 16.1 Å². The Balaban J connectivity index is 1.72. The fraction of sp³-hybridized carbons (Fsp3) is 0.409. The lowest BCUT2D eigenvalue weighted by atomic mass is 9.95. The fourth-order valence-corrected chi connectivity index (χ4v) is 5.65. The van der Waals surface area contributed by atoms with Gasteiger partial charge in [-0.05, 0) is 67.3 Å². The first kappa shape index (κ1) is 19.2. The summed E-state index contributed by atoms with van der Waals surface area (Å²) in [4.78, 5) is 13.2. The van der Waals surface area contributed by atoms with E-state index in [0.717, 1.165) is 29.5 Å². The van der Waals surface area contributed by atoms with Gasteiger partial charge in [0, 0.05) is 13.1 Å². The zero-order valence-corrected chi connectivity index (χ0v) is 17.1. The van der Waals surface area contributed by atoms with Gasteiger partial charge >= 0.3 is 0 Å². The Morgan fingerprint density at radius 1 is 1.11 bits per heavy atom. The summed E-state index contributed by atoms with van der Waals surface area (Å²) in [5.74, 6) is 0.346. The van der Waals surface area contributed by atoms with E-state index in [4.69, 9.17) is 0 Å². The van der Waals surface area contributed by atoms with Crippen molar-refractivity contribution >= 4 is 15.9 Å². The van der Waals surface area contributed by atoms with Gasteiger partial charge in [-0.3, -0.25) is 4.79 Å². The number of hydrogen-bond donors (Lipinski definition) is 1. The minimum absolute atomic E-state index is 0.199. The number of fused-ring (bicyclic) bond motifs is 1. The molecule has 0 spiro atoms. The number of amides is 1.